The van der Waals surface area contributed by atoms with E-state index in [-0.39, 0.29) is 6.61 Å². The molecule has 1 fully saturated rings. The van der Waals surface area contributed by atoms with Gasteiger partial charge in [-0.25, -0.2) is 4.79 Å². The normalized spacial score (nSPS) is 27.0. The van der Waals surface area contributed by atoms with Crippen LogP contribution in [0.3, 0.4) is 0 Å². The number of aliphatic hydroxyl groups excluding tert-OH is 2. The zero-order valence-corrected chi connectivity index (χ0v) is 11.6. The molecule has 1 aliphatic heterocycles. The number of nitrogens with one attached hydrogen (secondary N) is 1. The van der Waals surface area contributed by atoms with E-state index in [0.29, 0.717) is 6.61 Å². The predicted molar refractivity (Wildman–Crippen MR) is 64.5 cm³/mol. The number of carbonyl (C=O) groups is 1. The van der Waals surface area contributed by atoms with Gasteiger partial charge in [0.25, 0.3) is 0 Å². The first-order valence-corrected chi connectivity index (χ1v) is 8.12. The zero-order chi connectivity index (χ0) is 12.7. The van der Waals surface area contributed by atoms with Crippen molar-refractivity contribution in [2.24, 2.45) is 0 Å². The molecule has 6 nitrogen and oxygen atoms in total. The summed E-state index contributed by atoms with van der Waals surface area (Å²) in [4.78, 5) is 11.5. The summed E-state index contributed by atoms with van der Waals surface area (Å²) in [7, 11) is -0.569. The molecule has 1 heterocycles. The second-order valence-electron chi connectivity index (χ2n) is 4.21. The molecular weight excluding hydrogens is 242 g/mol. The van der Waals surface area contributed by atoms with Crippen LogP contribution in [0.2, 0.25) is 6.55 Å². The molecule has 0 spiro atoms. The molecule has 2 atom stereocenters. The van der Waals surface area contributed by atoms with Crippen molar-refractivity contribution < 1.29 is 24.5 Å². The summed E-state index contributed by atoms with van der Waals surface area (Å²) in [5.41, 5.74) is 0. The first kappa shape index (κ1) is 14.4. The number of rotatable bonds is 5. The number of carbonyl (C=O) groups excluding carboxylic acids is 1. The van der Waals surface area contributed by atoms with E-state index >= 15 is 0 Å². The molecule has 3 N–H and O–H groups in total. The second kappa shape index (κ2) is 6.95. The smallest absolute Gasteiger partial charge is 0.409 e. The van der Waals surface area contributed by atoms with Crippen LogP contribution in [0.1, 0.15) is 19.3 Å². The van der Waals surface area contributed by atoms with Gasteiger partial charge >= 0.3 is 6.09 Å². The van der Waals surface area contributed by atoms with Gasteiger partial charge in [-0.2, -0.15) is 0 Å². The lowest BCUT2D eigenvalue weighted by Gasteiger charge is -2.36. The van der Waals surface area contributed by atoms with Crippen molar-refractivity contribution in [3.05, 3.63) is 0 Å². The lowest BCUT2D eigenvalue weighted by molar-refractivity contribution is -0.0440. The summed E-state index contributed by atoms with van der Waals surface area (Å²) >= 11 is 0. The van der Waals surface area contributed by atoms with Crippen molar-refractivity contribution in [2.75, 3.05) is 19.8 Å². The first-order valence-electron chi connectivity index (χ1n) is 5.99. The Morgan fingerprint density at radius 3 is 2.94 bits per heavy atom. The lowest BCUT2D eigenvalue weighted by Crippen LogP contribution is -2.56. The quantitative estimate of drug-likeness (QED) is 0.562. The number of alkyl carbamates (subject to hydrolysis) is 1. The predicted octanol–water partition coefficient (Wildman–Crippen LogP) is -0.863. The molecule has 0 radical (unpaired) electrons. The molecule has 2 unspecified atom stereocenters. The Hall–Kier alpha value is -0.633. The van der Waals surface area contributed by atoms with E-state index in [1.807, 2.05) is 0 Å². The monoisotopic (exact) mass is 263 g/mol. The minimum absolute atomic E-state index is 0.205. The molecule has 0 aromatic rings. The van der Waals surface area contributed by atoms with E-state index in [0.717, 1.165) is 19.3 Å². The van der Waals surface area contributed by atoms with Crippen molar-refractivity contribution in [3.8, 4) is 0 Å². The van der Waals surface area contributed by atoms with Crippen molar-refractivity contribution >= 4 is 15.6 Å². The highest BCUT2D eigenvalue weighted by molar-refractivity contribution is 6.38. The zero-order valence-electron chi connectivity index (χ0n) is 10.1. The number of amides is 1. The summed E-state index contributed by atoms with van der Waals surface area (Å²) in [5.74, 6) is 0. The summed E-state index contributed by atoms with van der Waals surface area (Å²) in [6, 6.07) is 0. The van der Waals surface area contributed by atoms with Crippen molar-refractivity contribution in [2.45, 2.75) is 37.3 Å². The Balaban J connectivity index is 2.37. The molecule has 1 saturated heterocycles. The van der Waals surface area contributed by atoms with E-state index < -0.39 is 33.7 Å². The molecule has 0 bridgehead atoms. The molecule has 0 aromatic carbocycles. The van der Waals surface area contributed by atoms with E-state index in [1.165, 1.54) is 0 Å². The molecule has 1 amide bonds. The third-order valence-electron chi connectivity index (χ3n) is 2.87. The highest BCUT2D eigenvalue weighted by Gasteiger charge is 2.33. The summed E-state index contributed by atoms with van der Waals surface area (Å²) < 4.78 is 10.5. The van der Waals surface area contributed by atoms with Gasteiger partial charge in [-0.15, -0.1) is 0 Å². The van der Waals surface area contributed by atoms with E-state index in [1.54, 1.807) is 0 Å². The van der Waals surface area contributed by atoms with Crippen LogP contribution in [-0.4, -0.2) is 57.1 Å². The number of ether oxygens (including phenoxy) is 2. The van der Waals surface area contributed by atoms with E-state index in [2.05, 4.69) is 11.9 Å². The SMILES string of the molecule is C[SiH2]C1(NC(=O)OCC(O)CO)CCCCO1. The van der Waals surface area contributed by atoms with Crippen LogP contribution in [0.4, 0.5) is 4.79 Å². The number of hydrogen-bond acceptors (Lipinski definition) is 5. The fraction of sp³-hybridized carbons (Fsp3) is 0.900. The van der Waals surface area contributed by atoms with Crippen LogP contribution in [-0.2, 0) is 9.47 Å². The van der Waals surface area contributed by atoms with Gasteiger partial charge in [0.2, 0.25) is 0 Å². The fourth-order valence-electron chi connectivity index (χ4n) is 1.76. The van der Waals surface area contributed by atoms with Crippen LogP contribution >= 0.6 is 0 Å². The molecule has 0 aromatic heterocycles. The molecule has 100 valence electrons. The van der Waals surface area contributed by atoms with Crippen LogP contribution in [0.5, 0.6) is 0 Å². The van der Waals surface area contributed by atoms with E-state index in [9.17, 15) is 4.79 Å². The van der Waals surface area contributed by atoms with Gasteiger partial charge < -0.3 is 19.7 Å². The third kappa shape index (κ3) is 4.62. The molecular formula is C10H21NO5Si. The van der Waals surface area contributed by atoms with Gasteiger partial charge in [0.05, 0.1) is 16.1 Å². The van der Waals surface area contributed by atoms with Crippen LogP contribution in [0, 0.1) is 0 Å². The second-order valence-corrected chi connectivity index (χ2v) is 6.06. The largest absolute Gasteiger partial charge is 0.447 e. The highest BCUT2D eigenvalue weighted by atomic mass is 28.2. The minimum Gasteiger partial charge on any atom is -0.447 e. The van der Waals surface area contributed by atoms with Gasteiger partial charge in [-0.1, -0.05) is 6.55 Å². The Bertz CT molecular complexity index is 245. The van der Waals surface area contributed by atoms with E-state index in [4.69, 9.17) is 19.7 Å². The van der Waals surface area contributed by atoms with Gasteiger partial charge in [0.1, 0.15) is 18.1 Å². The fourth-order valence-corrected chi connectivity index (χ4v) is 3.04. The van der Waals surface area contributed by atoms with Gasteiger partial charge in [-0.05, 0) is 19.3 Å². The van der Waals surface area contributed by atoms with Gasteiger partial charge in [-0.3, -0.25) is 5.32 Å². The molecule has 1 aliphatic rings. The Morgan fingerprint density at radius 1 is 1.65 bits per heavy atom. The molecule has 1 rings (SSSR count). The standard InChI is InChI=1S/C10H21NO5Si/c1-17-10(4-2-3-5-16-10)11-9(14)15-7-8(13)6-12/h8,12-13H,2-7,17H2,1H3,(H,11,14). The topological polar surface area (TPSA) is 88.0 Å². The summed E-state index contributed by atoms with van der Waals surface area (Å²) in [6.07, 6.45) is 1.28. The summed E-state index contributed by atoms with van der Waals surface area (Å²) in [5, 5.41) is 19.9. The van der Waals surface area contributed by atoms with Crippen molar-refractivity contribution in [1.82, 2.24) is 5.32 Å². The third-order valence-corrected chi connectivity index (χ3v) is 4.75. The van der Waals surface area contributed by atoms with Crippen LogP contribution in [0.25, 0.3) is 0 Å². The number of aliphatic hydroxyl groups is 2. The molecule has 7 heteroatoms. The molecule has 0 saturated carbocycles. The van der Waals surface area contributed by atoms with Crippen molar-refractivity contribution in [3.63, 3.8) is 0 Å². The molecule has 0 aliphatic carbocycles. The lowest BCUT2D eigenvalue weighted by atomic mass is 10.2. The summed E-state index contributed by atoms with van der Waals surface area (Å²) in [6.45, 7) is 2.12. The average molecular weight is 263 g/mol. The minimum atomic E-state index is -1.03. The number of hydrogen-bond donors (Lipinski definition) is 3. The Kier molecular flexibility index (Phi) is 5.90. The maximum Gasteiger partial charge on any atom is 0.409 e. The first-order chi connectivity index (χ1) is 8.12. The highest BCUT2D eigenvalue weighted by Crippen LogP contribution is 2.21. The Labute approximate surface area is 103 Å². The maximum atomic E-state index is 11.5. The van der Waals surface area contributed by atoms with Crippen LogP contribution < -0.4 is 5.32 Å². The van der Waals surface area contributed by atoms with Crippen LogP contribution in [0.15, 0.2) is 0 Å². The van der Waals surface area contributed by atoms with Gasteiger partial charge in [0, 0.05) is 6.61 Å². The van der Waals surface area contributed by atoms with Gasteiger partial charge in [0.15, 0.2) is 0 Å². The van der Waals surface area contributed by atoms with Crippen molar-refractivity contribution in [1.29, 1.82) is 0 Å². The maximum absolute atomic E-state index is 11.5. The average Bonchev–Trinajstić information content (AvgIpc) is 2.37. The Morgan fingerprint density at radius 2 is 2.41 bits per heavy atom. The molecule has 17 heavy (non-hydrogen) atoms.